The van der Waals surface area contributed by atoms with Crippen LogP contribution in [0.1, 0.15) is 40.0 Å². The van der Waals surface area contributed by atoms with Crippen molar-refractivity contribution >= 4 is 16.0 Å². The fourth-order valence-corrected chi connectivity index (χ4v) is 2.39. The molecule has 0 fully saturated rings. The third kappa shape index (κ3) is 9.82. The van der Waals surface area contributed by atoms with Gasteiger partial charge in [-0.25, -0.2) is 0 Å². The minimum Gasteiger partial charge on any atom is -0.355 e. The second kappa shape index (κ2) is 8.10. The molecule has 0 saturated heterocycles. The molecule has 0 aromatic heterocycles. The molecule has 0 atom stereocenters. The van der Waals surface area contributed by atoms with E-state index in [9.17, 15) is 13.2 Å². The molecule has 0 aromatic rings. The third-order valence-corrected chi connectivity index (χ3v) is 4.69. The largest absolute Gasteiger partial charge is 0.355 e. The maximum Gasteiger partial charge on any atom is 0.265 e. The van der Waals surface area contributed by atoms with Gasteiger partial charge < -0.3 is 9.80 Å². The lowest BCUT2D eigenvalue weighted by Crippen LogP contribution is -2.44. The lowest BCUT2D eigenvalue weighted by atomic mass is 9.89. The molecule has 0 heterocycles. The summed E-state index contributed by atoms with van der Waals surface area (Å²) in [6, 6.07) is 0. The van der Waals surface area contributed by atoms with E-state index < -0.39 is 10.1 Å². The Kier molecular flexibility index (Phi) is 7.84. The Labute approximate surface area is 129 Å². The van der Waals surface area contributed by atoms with Crippen molar-refractivity contribution in [2.75, 3.05) is 39.5 Å². The van der Waals surface area contributed by atoms with E-state index in [1.165, 1.54) is 0 Å². The summed E-state index contributed by atoms with van der Waals surface area (Å²) in [6.45, 7) is 8.00. The van der Waals surface area contributed by atoms with Crippen LogP contribution in [0.5, 0.6) is 0 Å². The van der Waals surface area contributed by atoms with E-state index in [-0.39, 0.29) is 17.1 Å². The Hall–Kier alpha value is -0.660. The fraction of sp³-hybridized carbons (Fsp3) is 0.929. The van der Waals surface area contributed by atoms with E-state index in [0.717, 1.165) is 19.4 Å². The Morgan fingerprint density at radius 1 is 1.19 bits per heavy atom. The molecule has 21 heavy (non-hydrogen) atoms. The van der Waals surface area contributed by atoms with Gasteiger partial charge >= 0.3 is 0 Å². The third-order valence-electron chi connectivity index (χ3n) is 3.89. The van der Waals surface area contributed by atoms with Gasteiger partial charge in [0.2, 0.25) is 5.91 Å². The highest BCUT2D eigenvalue weighted by Crippen LogP contribution is 2.19. The molecule has 7 heteroatoms. The number of nitrogens with zero attached hydrogens (tertiary/aromatic N) is 1. The highest BCUT2D eigenvalue weighted by molar-refractivity contribution is 7.85. The summed E-state index contributed by atoms with van der Waals surface area (Å²) in [5, 5.41) is 2.94. The Balaban J connectivity index is 3.97. The molecule has 0 spiro atoms. The first-order valence-corrected chi connectivity index (χ1v) is 9.06. The van der Waals surface area contributed by atoms with Crippen molar-refractivity contribution in [3.63, 3.8) is 0 Å². The summed E-state index contributed by atoms with van der Waals surface area (Å²) in [7, 11) is 0.162. The van der Waals surface area contributed by atoms with E-state index in [4.69, 9.17) is 4.55 Å². The molecule has 0 aliphatic heterocycles. The average Bonchev–Trinajstić information content (AvgIpc) is 2.32. The Bertz CT molecular complexity index is 430. The van der Waals surface area contributed by atoms with Gasteiger partial charge in [-0.1, -0.05) is 20.8 Å². The van der Waals surface area contributed by atoms with Gasteiger partial charge in [0, 0.05) is 24.8 Å². The van der Waals surface area contributed by atoms with Crippen LogP contribution < -0.4 is 5.32 Å². The van der Waals surface area contributed by atoms with Gasteiger partial charge in [0.15, 0.2) is 0 Å². The van der Waals surface area contributed by atoms with Crippen LogP contribution in [0.25, 0.3) is 0 Å². The molecule has 0 aromatic carbocycles. The van der Waals surface area contributed by atoms with Gasteiger partial charge in [-0.05, 0) is 6.42 Å². The van der Waals surface area contributed by atoms with Gasteiger partial charge in [-0.15, -0.1) is 0 Å². The number of hydrogen-bond acceptors (Lipinski definition) is 3. The SMILES string of the molecule is CCC(C)(C)C(=O)NCCC[N+](C)(C)CCCS(=O)(=O)O. The van der Waals surface area contributed by atoms with Crippen molar-refractivity contribution in [1.29, 1.82) is 0 Å². The number of carbonyl (C=O) groups excluding carboxylic acids is 1. The molecule has 0 unspecified atom stereocenters. The molecule has 0 saturated carbocycles. The van der Waals surface area contributed by atoms with Crippen molar-refractivity contribution < 1.29 is 22.2 Å². The molecule has 126 valence electrons. The highest BCUT2D eigenvalue weighted by Gasteiger charge is 2.24. The zero-order valence-electron chi connectivity index (χ0n) is 14.0. The van der Waals surface area contributed by atoms with Crippen molar-refractivity contribution in [1.82, 2.24) is 5.32 Å². The van der Waals surface area contributed by atoms with E-state index in [1.807, 2.05) is 34.9 Å². The van der Waals surface area contributed by atoms with Crippen LogP contribution in [-0.4, -0.2) is 62.8 Å². The van der Waals surface area contributed by atoms with Gasteiger partial charge in [-0.2, -0.15) is 8.42 Å². The minimum absolute atomic E-state index is 0.0710. The lowest BCUT2D eigenvalue weighted by Gasteiger charge is -2.30. The number of nitrogens with one attached hydrogen (secondary N) is 1. The predicted octanol–water partition coefficient (Wildman–Crippen LogP) is 1.28. The molecular formula is C14H31N2O4S+. The lowest BCUT2D eigenvalue weighted by molar-refractivity contribution is -0.890. The van der Waals surface area contributed by atoms with Gasteiger partial charge in [0.05, 0.1) is 32.9 Å². The zero-order valence-corrected chi connectivity index (χ0v) is 14.8. The van der Waals surface area contributed by atoms with E-state index in [1.54, 1.807) is 0 Å². The Morgan fingerprint density at radius 3 is 2.19 bits per heavy atom. The predicted molar refractivity (Wildman–Crippen MR) is 84.6 cm³/mol. The van der Waals surface area contributed by atoms with Crippen LogP contribution in [-0.2, 0) is 14.9 Å². The number of amides is 1. The fourth-order valence-electron chi connectivity index (χ4n) is 1.90. The van der Waals surface area contributed by atoms with Crippen LogP contribution in [0, 0.1) is 5.41 Å². The molecular weight excluding hydrogens is 292 g/mol. The van der Waals surface area contributed by atoms with E-state index in [2.05, 4.69) is 5.32 Å². The average molecular weight is 323 g/mol. The zero-order chi connectivity index (χ0) is 16.7. The molecule has 0 radical (unpaired) electrons. The Morgan fingerprint density at radius 2 is 1.71 bits per heavy atom. The maximum atomic E-state index is 11.9. The van der Waals surface area contributed by atoms with Gasteiger partial charge in [0.1, 0.15) is 0 Å². The van der Waals surface area contributed by atoms with Crippen LogP contribution in [0.3, 0.4) is 0 Å². The quantitative estimate of drug-likeness (QED) is 0.360. The summed E-state index contributed by atoms with van der Waals surface area (Å²) < 4.78 is 30.7. The minimum atomic E-state index is -3.87. The smallest absolute Gasteiger partial charge is 0.265 e. The normalized spacial score (nSPS) is 13.2. The van der Waals surface area contributed by atoms with Crippen LogP contribution >= 0.6 is 0 Å². The van der Waals surface area contributed by atoms with E-state index >= 15 is 0 Å². The van der Waals surface area contributed by atoms with Crippen molar-refractivity contribution in [3.8, 4) is 0 Å². The first-order chi connectivity index (χ1) is 9.40. The van der Waals surface area contributed by atoms with Gasteiger partial charge in [0.25, 0.3) is 10.1 Å². The van der Waals surface area contributed by atoms with Crippen molar-refractivity contribution in [3.05, 3.63) is 0 Å². The summed E-state index contributed by atoms with van der Waals surface area (Å²) in [4.78, 5) is 11.9. The molecule has 0 aliphatic rings. The number of quaternary nitrogens is 1. The molecule has 2 N–H and O–H groups in total. The molecule has 0 rings (SSSR count). The van der Waals surface area contributed by atoms with Gasteiger partial charge in [-0.3, -0.25) is 9.35 Å². The second-order valence-corrected chi connectivity index (χ2v) is 8.44. The number of rotatable bonds is 10. The van der Waals surface area contributed by atoms with Crippen molar-refractivity contribution in [2.45, 2.75) is 40.0 Å². The summed E-state index contributed by atoms with van der Waals surface area (Å²) >= 11 is 0. The number of carbonyl (C=O) groups is 1. The molecule has 0 bridgehead atoms. The van der Waals surface area contributed by atoms with E-state index in [0.29, 0.717) is 24.0 Å². The standard InChI is InChI=1S/C14H30N2O4S/c1-6-14(2,3)13(17)15-9-7-10-16(4,5)11-8-12-21(18,19)20/h6-12H2,1-5H3,(H-,15,17,18,19,20)/p+1. The van der Waals surface area contributed by atoms with Crippen LogP contribution in [0.2, 0.25) is 0 Å². The topological polar surface area (TPSA) is 83.5 Å². The monoisotopic (exact) mass is 323 g/mol. The number of hydrogen-bond donors (Lipinski definition) is 2. The summed E-state index contributed by atoms with van der Waals surface area (Å²) in [6.07, 6.45) is 2.07. The van der Waals surface area contributed by atoms with Crippen LogP contribution in [0.4, 0.5) is 0 Å². The van der Waals surface area contributed by atoms with Crippen molar-refractivity contribution in [2.24, 2.45) is 5.41 Å². The maximum absolute atomic E-state index is 11.9. The molecule has 6 nitrogen and oxygen atoms in total. The summed E-state index contributed by atoms with van der Waals surface area (Å²) in [5.41, 5.74) is -0.333. The first kappa shape index (κ1) is 20.3. The molecule has 1 amide bonds. The molecule has 0 aliphatic carbocycles. The van der Waals surface area contributed by atoms with Crippen LogP contribution in [0.15, 0.2) is 0 Å². The second-order valence-electron chi connectivity index (χ2n) is 6.87. The first-order valence-electron chi connectivity index (χ1n) is 7.45. The highest BCUT2D eigenvalue weighted by atomic mass is 32.2. The summed E-state index contributed by atoms with van der Waals surface area (Å²) in [5.74, 6) is -0.127.